The lowest BCUT2D eigenvalue weighted by molar-refractivity contribution is -0.136. The fourth-order valence-corrected chi connectivity index (χ4v) is 4.69. The van der Waals surface area contributed by atoms with E-state index in [0.717, 1.165) is 28.4 Å². The van der Waals surface area contributed by atoms with Gasteiger partial charge in [-0.1, -0.05) is 39.7 Å². The molecule has 2 N–H and O–H groups in total. The molecule has 1 atom stereocenters. The maximum atomic E-state index is 13.3. The minimum absolute atomic E-state index is 0.0255. The second-order valence-electron chi connectivity index (χ2n) is 7.95. The van der Waals surface area contributed by atoms with Crippen molar-refractivity contribution >= 4 is 55.5 Å². The molecule has 164 valence electrons. The third kappa shape index (κ3) is 4.18. The van der Waals surface area contributed by atoms with E-state index < -0.39 is 0 Å². The molecule has 1 aliphatic heterocycles. The Morgan fingerprint density at radius 3 is 2.91 bits per heavy atom. The maximum absolute atomic E-state index is 13.3. The SMILES string of the molecule is O=C(C1CCNC1)N(Cc1cccc(Cl)c1)Cc1nc2c(oc3ccc(Br)cc32)c(=O)[nH]1. The number of aromatic nitrogens is 2. The van der Waals surface area contributed by atoms with E-state index in [4.69, 9.17) is 16.0 Å². The summed E-state index contributed by atoms with van der Waals surface area (Å²) < 4.78 is 6.57. The van der Waals surface area contributed by atoms with Gasteiger partial charge in [-0.05, 0) is 48.9 Å². The number of carbonyl (C=O) groups excluding carboxylic acids is 1. The molecular weight excluding hydrogens is 496 g/mol. The van der Waals surface area contributed by atoms with Gasteiger partial charge in [0.05, 0.1) is 12.5 Å². The van der Waals surface area contributed by atoms with Crippen molar-refractivity contribution in [3.63, 3.8) is 0 Å². The molecule has 1 fully saturated rings. The molecule has 0 bridgehead atoms. The Bertz CT molecular complexity index is 1380. The first-order valence-electron chi connectivity index (χ1n) is 10.3. The quantitative estimate of drug-likeness (QED) is 0.415. The van der Waals surface area contributed by atoms with Crippen LogP contribution in [0.25, 0.3) is 22.1 Å². The number of carbonyl (C=O) groups is 1. The molecule has 1 amide bonds. The fourth-order valence-electron chi connectivity index (χ4n) is 4.12. The molecule has 0 saturated carbocycles. The lowest BCUT2D eigenvalue weighted by Gasteiger charge is -2.25. The van der Waals surface area contributed by atoms with Crippen LogP contribution in [0.15, 0.2) is 56.1 Å². The molecule has 0 aliphatic carbocycles. The van der Waals surface area contributed by atoms with Gasteiger partial charge in [0.25, 0.3) is 5.56 Å². The Morgan fingerprint density at radius 2 is 2.12 bits per heavy atom. The van der Waals surface area contributed by atoms with Gasteiger partial charge in [-0.3, -0.25) is 9.59 Å². The van der Waals surface area contributed by atoms with Gasteiger partial charge >= 0.3 is 0 Å². The first-order valence-corrected chi connectivity index (χ1v) is 11.5. The van der Waals surface area contributed by atoms with Gasteiger partial charge in [-0.15, -0.1) is 0 Å². The van der Waals surface area contributed by atoms with E-state index >= 15 is 0 Å². The van der Waals surface area contributed by atoms with Gasteiger partial charge < -0.3 is 19.6 Å². The average Bonchev–Trinajstić information content (AvgIpc) is 3.42. The van der Waals surface area contributed by atoms with Crippen LogP contribution in [-0.4, -0.2) is 33.9 Å². The summed E-state index contributed by atoms with van der Waals surface area (Å²) in [6.07, 6.45) is 0.786. The number of furan rings is 1. The molecule has 3 heterocycles. The molecule has 1 saturated heterocycles. The molecule has 0 spiro atoms. The third-order valence-corrected chi connectivity index (χ3v) is 6.39. The predicted molar refractivity (Wildman–Crippen MR) is 127 cm³/mol. The Labute approximate surface area is 196 Å². The number of rotatable bonds is 5. The second kappa shape index (κ2) is 8.69. The number of nitrogens with one attached hydrogen (secondary N) is 2. The number of halogens is 2. The number of hydrogen-bond donors (Lipinski definition) is 2. The van der Waals surface area contributed by atoms with Crippen molar-refractivity contribution < 1.29 is 9.21 Å². The lowest BCUT2D eigenvalue weighted by Crippen LogP contribution is -2.37. The van der Waals surface area contributed by atoms with Crippen LogP contribution >= 0.6 is 27.5 Å². The number of benzene rings is 2. The molecule has 2 aromatic heterocycles. The van der Waals surface area contributed by atoms with Gasteiger partial charge in [0, 0.05) is 28.0 Å². The van der Waals surface area contributed by atoms with Crippen molar-refractivity contribution in [3.05, 3.63) is 73.7 Å². The van der Waals surface area contributed by atoms with Crippen molar-refractivity contribution in [1.82, 2.24) is 20.2 Å². The maximum Gasteiger partial charge on any atom is 0.294 e. The van der Waals surface area contributed by atoms with Crippen LogP contribution in [0, 0.1) is 5.92 Å². The molecule has 4 aromatic rings. The van der Waals surface area contributed by atoms with Gasteiger partial charge in [0.15, 0.2) is 0 Å². The van der Waals surface area contributed by atoms with E-state index in [-0.39, 0.29) is 29.5 Å². The minimum Gasteiger partial charge on any atom is -0.449 e. The van der Waals surface area contributed by atoms with E-state index in [2.05, 4.69) is 31.2 Å². The average molecular weight is 516 g/mol. The fraction of sp³-hybridized carbons (Fsp3) is 0.261. The summed E-state index contributed by atoms with van der Waals surface area (Å²) in [4.78, 5) is 35.2. The number of H-pyrrole nitrogens is 1. The van der Waals surface area contributed by atoms with Gasteiger partial charge in [0.2, 0.25) is 11.5 Å². The van der Waals surface area contributed by atoms with Gasteiger partial charge in [0.1, 0.15) is 16.9 Å². The summed E-state index contributed by atoms with van der Waals surface area (Å²) in [5, 5.41) is 4.60. The highest BCUT2D eigenvalue weighted by Gasteiger charge is 2.28. The van der Waals surface area contributed by atoms with Crippen LogP contribution in [-0.2, 0) is 17.9 Å². The Morgan fingerprint density at radius 1 is 1.25 bits per heavy atom. The van der Waals surface area contributed by atoms with E-state index in [9.17, 15) is 9.59 Å². The van der Waals surface area contributed by atoms with Crippen LogP contribution in [0.5, 0.6) is 0 Å². The highest BCUT2D eigenvalue weighted by atomic mass is 79.9. The summed E-state index contributed by atoms with van der Waals surface area (Å²) in [6, 6.07) is 12.9. The highest BCUT2D eigenvalue weighted by molar-refractivity contribution is 9.10. The van der Waals surface area contributed by atoms with Crippen LogP contribution in [0.2, 0.25) is 5.02 Å². The first kappa shape index (κ1) is 21.2. The summed E-state index contributed by atoms with van der Waals surface area (Å²) in [7, 11) is 0. The van der Waals surface area contributed by atoms with Crippen molar-refractivity contribution in [2.24, 2.45) is 5.92 Å². The largest absolute Gasteiger partial charge is 0.449 e. The molecule has 5 rings (SSSR count). The zero-order valence-corrected chi connectivity index (χ0v) is 19.4. The Kier molecular flexibility index (Phi) is 5.75. The predicted octanol–water partition coefficient (Wildman–Crippen LogP) is 4.22. The van der Waals surface area contributed by atoms with Crippen LogP contribution in [0.3, 0.4) is 0 Å². The van der Waals surface area contributed by atoms with Crippen molar-refractivity contribution in [2.75, 3.05) is 13.1 Å². The molecule has 1 unspecified atom stereocenters. The van der Waals surface area contributed by atoms with E-state index in [1.807, 2.05) is 30.3 Å². The lowest BCUT2D eigenvalue weighted by atomic mass is 10.1. The number of fused-ring (bicyclic) bond motifs is 3. The summed E-state index contributed by atoms with van der Waals surface area (Å²) >= 11 is 9.60. The van der Waals surface area contributed by atoms with Crippen molar-refractivity contribution in [3.8, 4) is 0 Å². The number of hydrogen-bond acceptors (Lipinski definition) is 5. The molecule has 0 radical (unpaired) electrons. The normalized spacial score (nSPS) is 16.1. The molecule has 2 aromatic carbocycles. The molecule has 1 aliphatic rings. The van der Waals surface area contributed by atoms with E-state index in [1.165, 1.54) is 0 Å². The summed E-state index contributed by atoms with van der Waals surface area (Å²) in [6.45, 7) is 2.01. The van der Waals surface area contributed by atoms with Crippen LogP contribution < -0.4 is 10.9 Å². The second-order valence-corrected chi connectivity index (χ2v) is 9.30. The van der Waals surface area contributed by atoms with E-state index in [0.29, 0.717) is 35.0 Å². The highest BCUT2D eigenvalue weighted by Crippen LogP contribution is 2.28. The monoisotopic (exact) mass is 514 g/mol. The number of amides is 1. The van der Waals surface area contributed by atoms with Gasteiger partial charge in [-0.25, -0.2) is 4.98 Å². The molecule has 32 heavy (non-hydrogen) atoms. The zero-order chi connectivity index (χ0) is 22.2. The first-order chi connectivity index (χ1) is 15.5. The van der Waals surface area contributed by atoms with Crippen LogP contribution in [0.1, 0.15) is 17.8 Å². The van der Waals surface area contributed by atoms with Crippen LogP contribution in [0.4, 0.5) is 0 Å². The topological polar surface area (TPSA) is 91.2 Å². The van der Waals surface area contributed by atoms with Gasteiger partial charge in [-0.2, -0.15) is 0 Å². The summed E-state index contributed by atoms with van der Waals surface area (Å²) in [5.41, 5.74) is 1.79. The molecular formula is C23H20BrClN4O3. The van der Waals surface area contributed by atoms with E-state index in [1.54, 1.807) is 17.0 Å². The van der Waals surface area contributed by atoms with Crippen molar-refractivity contribution in [1.29, 1.82) is 0 Å². The Hall–Kier alpha value is -2.68. The minimum atomic E-state index is -0.366. The number of nitrogens with zero attached hydrogens (tertiary/aromatic N) is 2. The standard InChI is InChI=1S/C23H20BrClN4O3/c24-15-4-5-18-17(9-15)20-21(32-18)22(30)28-19(27-20)12-29(23(31)14-6-7-26-10-14)11-13-2-1-3-16(25)8-13/h1-5,8-9,14,26H,6-7,10-12H2,(H,27,28,30). The molecule has 7 nitrogen and oxygen atoms in total. The number of aromatic amines is 1. The molecule has 9 heteroatoms. The third-order valence-electron chi connectivity index (χ3n) is 5.66. The summed E-state index contributed by atoms with van der Waals surface area (Å²) in [5.74, 6) is 0.333. The Balaban J connectivity index is 1.53. The smallest absolute Gasteiger partial charge is 0.294 e. The van der Waals surface area contributed by atoms with Crippen molar-refractivity contribution in [2.45, 2.75) is 19.5 Å². The zero-order valence-electron chi connectivity index (χ0n) is 17.0.